The predicted molar refractivity (Wildman–Crippen MR) is 179 cm³/mol. The van der Waals surface area contributed by atoms with Crippen molar-refractivity contribution in [3.05, 3.63) is 131 Å². The second-order valence-electron chi connectivity index (χ2n) is 11.7. The van der Waals surface area contributed by atoms with Gasteiger partial charge in [0.1, 0.15) is 24.7 Å². The highest BCUT2D eigenvalue weighted by atomic mass is 16.5. The summed E-state index contributed by atoms with van der Waals surface area (Å²) in [7, 11) is 0. The van der Waals surface area contributed by atoms with Gasteiger partial charge in [0.05, 0.1) is 12.2 Å². The minimum atomic E-state index is 0.211. The van der Waals surface area contributed by atoms with Crippen LogP contribution in [-0.2, 0) is 18.0 Å². The molecule has 0 bridgehead atoms. The van der Waals surface area contributed by atoms with Gasteiger partial charge in [-0.25, -0.2) is 0 Å². The molecule has 0 heterocycles. The molecule has 3 nitrogen and oxygen atoms in total. The molecule has 0 spiro atoms. The lowest BCUT2D eigenvalue weighted by Gasteiger charge is -2.25. The number of hydrogen-bond acceptors (Lipinski definition) is 3. The van der Waals surface area contributed by atoms with E-state index in [1.165, 1.54) is 22.3 Å². The highest BCUT2D eigenvalue weighted by Gasteiger charge is 2.19. The fourth-order valence-corrected chi connectivity index (χ4v) is 5.93. The molecule has 0 aliphatic heterocycles. The maximum atomic E-state index is 6.52. The van der Waals surface area contributed by atoms with Gasteiger partial charge in [-0.15, -0.1) is 0 Å². The molecule has 43 heavy (non-hydrogen) atoms. The first-order valence-corrected chi connectivity index (χ1v) is 16.2. The van der Waals surface area contributed by atoms with E-state index in [0.29, 0.717) is 25.0 Å². The average molecular weight is 579 g/mol. The summed E-state index contributed by atoms with van der Waals surface area (Å²) >= 11 is 0. The minimum Gasteiger partial charge on any atom is -0.489 e. The van der Waals surface area contributed by atoms with Gasteiger partial charge in [-0.1, -0.05) is 111 Å². The van der Waals surface area contributed by atoms with Gasteiger partial charge in [0.15, 0.2) is 0 Å². The summed E-state index contributed by atoms with van der Waals surface area (Å²) in [5.41, 5.74) is 4.99. The standard InChI is InChI=1S/C40H50O3/c1-5-35(37-21-13-15-23-39(37)41-29-33-17-9-7-10-18-33)27-25-31(3)43-32(4)26-28-36(6-2)38-22-14-16-24-40(38)42-30-34-19-11-8-12-20-34/h7-24,31-32,35-36H,5-6,25-30H2,1-4H3. The van der Waals surface area contributed by atoms with E-state index in [9.17, 15) is 0 Å². The Morgan fingerprint density at radius 2 is 0.837 bits per heavy atom. The van der Waals surface area contributed by atoms with Crippen LogP contribution in [0, 0.1) is 0 Å². The summed E-state index contributed by atoms with van der Waals surface area (Å²) in [6.07, 6.45) is 6.81. The van der Waals surface area contributed by atoms with Crippen molar-refractivity contribution in [2.45, 2.75) is 103 Å². The van der Waals surface area contributed by atoms with Gasteiger partial charge >= 0.3 is 0 Å². The summed E-state index contributed by atoms with van der Waals surface area (Å²) in [4.78, 5) is 0. The van der Waals surface area contributed by atoms with Gasteiger partial charge in [0.2, 0.25) is 0 Å². The Kier molecular flexibility index (Phi) is 13.2. The molecule has 4 aromatic rings. The normalized spacial score (nSPS) is 14.0. The maximum Gasteiger partial charge on any atom is 0.123 e. The summed E-state index contributed by atoms with van der Waals surface area (Å²) in [5, 5.41) is 0. The Bertz CT molecular complexity index is 1220. The predicted octanol–water partition coefficient (Wildman–Crippen LogP) is 10.9. The molecule has 0 saturated heterocycles. The lowest BCUT2D eigenvalue weighted by Crippen LogP contribution is -2.19. The van der Waals surface area contributed by atoms with Crippen molar-refractivity contribution in [3.8, 4) is 11.5 Å². The van der Waals surface area contributed by atoms with Crippen LogP contribution >= 0.6 is 0 Å². The van der Waals surface area contributed by atoms with Crippen molar-refractivity contribution in [1.82, 2.24) is 0 Å². The van der Waals surface area contributed by atoms with Gasteiger partial charge in [-0.3, -0.25) is 0 Å². The average Bonchev–Trinajstić information content (AvgIpc) is 3.05. The van der Waals surface area contributed by atoms with Crippen LogP contribution < -0.4 is 9.47 Å². The molecule has 0 aliphatic rings. The van der Waals surface area contributed by atoms with Crippen LogP contribution in [0.4, 0.5) is 0 Å². The zero-order chi connectivity index (χ0) is 30.3. The second-order valence-corrected chi connectivity index (χ2v) is 11.7. The molecular weight excluding hydrogens is 528 g/mol. The van der Waals surface area contributed by atoms with Crippen molar-refractivity contribution in [3.63, 3.8) is 0 Å². The molecule has 0 radical (unpaired) electrons. The molecule has 4 aromatic carbocycles. The minimum absolute atomic E-state index is 0.211. The Hall–Kier alpha value is -3.56. The summed E-state index contributed by atoms with van der Waals surface area (Å²) in [5.74, 6) is 2.90. The van der Waals surface area contributed by atoms with Crippen molar-refractivity contribution >= 4 is 0 Å². The van der Waals surface area contributed by atoms with Crippen molar-refractivity contribution in [2.75, 3.05) is 0 Å². The number of rotatable bonds is 18. The first kappa shape index (κ1) is 32.4. The summed E-state index contributed by atoms with van der Waals surface area (Å²) in [6.45, 7) is 10.2. The van der Waals surface area contributed by atoms with Crippen LogP contribution in [0.3, 0.4) is 0 Å². The van der Waals surface area contributed by atoms with E-state index < -0.39 is 0 Å². The van der Waals surface area contributed by atoms with E-state index in [0.717, 1.165) is 50.0 Å². The molecule has 4 atom stereocenters. The van der Waals surface area contributed by atoms with Crippen molar-refractivity contribution < 1.29 is 14.2 Å². The zero-order valence-corrected chi connectivity index (χ0v) is 26.6. The fourth-order valence-electron chi connectivity index (χ4n) is 5.93. The third-order valence-electron chi connectivity index (χ3n) is 8.49. The highest BCUT2D eigenvalue weighted by Crippen LogP contribution is 2.35. The molecule has 4 rings (SSSR count). The van der Waals surface area contributed by atoms with E-state index >= 15 is 0 Å². The number of hydrogen-bond donors (Lipinski definition) is 0. The molecule has 0 amide bonds. The van der Waals surface area contributed by atoms with Crippen molar-refractivity contribution in [1.29, 1.82) is 0 Å². The molecule has 0 aliphatic carbocycles. The largest absolute Gasteiger partial charge is 0.489 e. The van der Waals surface area contributed by atoms with E-state index in [2.05, 4.69) is 125 Å². The smallest absolute Gasteiger partial charge is 0.123 e. The van der Waals surface area contributed by atoms with E-state index in [1.807, 2.05) is 12.1 Å². The monoisotopic (exact) mass is 578 g/mol. The molecule has 0 fully saturated rings. The Morgan fingerprint density at radius 3 is 1.23 bits per heavy atom. The van der Waals surface area contributed by atoms with Gasteiger partial charge in [0, 0.05) is 0 Å². The lowest BCUT2D eigenvalue weighted by atomic mass is 9.89. The number of ether oxygens (including phenoxy) is 3. The first-order chi connectivity index (χ1) is 21.1. The van der Waals surface area contributed by atoms with Gasteiger partial charge in [0.25, 0.3) is 0 Å². The zero-order valence-electron chi connectivity index (χ0n) is 26.6. The molecule has 4 unspecified atom stereocenters. The molecule has 0 aromatic heterocycles. The second kappa shape index (κ2) is 17.5. The Balaban J connectivity index is 1.26. The third-order valence-corrected chi connectivity index (χ3v) is 8.49. The van der Waals surface area contributed by atoms with Crippen LogP contribution in [0.15, 0.2) is 109 Å². The Labute approximate surface area is 260 Å². The van der Waals surface area contributed by atoms with Gasteiger partial charge < -0.3 is 14.2 Å². The SMILES string of the molecule is CCC(CCC(C)OC(C)CCC(CC)c1ccccc1OCc1ccccc1)c1ccccc1OCc1ccccc1. The molecule has 228 valence electrons. The quantitative estimate of drug-likeness (QED) is 0.118. The molecule has 0 N–H and O–H groups in total. The molecule has 0 saturated carbocycles. The number of para-hydroxylation sites is 2. The highest BCUT2D eigenvalue weighted by molar-refractivity contribution is 5.37. The van der Waals surface area contributed by atoms with Gasteiger partial charge in [-0.2, -0.15) is 0 Å². The van der Waals surface area contributed by atoms with Gasteiger partial charge in [-0.05, 0) is 98.6 Å². The lowest BCUT2D eigenvalue weighted by molar-refractivity contribution is -0.00363. The number of benzene rings is 4. The third kappa shape index (κ3) is 10.3. The van der Waals surface area contributed by atoms with Crippen LogP contribution in [-0.4, -0.2) is 12.2 Å². The van der Waals surface area contributed by atoms with Crippen molar-refractivity contribution in [2.24, 2.45) is 0 Å². The van der Waals surface area contributed by atoms with Crippen LogP contribution in [0.5, 0.6) is 11.5 Å². The van der Waals surface area contributed by atoms with E-state index in [1.54, 1.807) is 0 Å². The van der Waals surface area contributed by atoms with Crippen LogP contribution in [0.25, 0.3) is 0 Å². The topological polar surface area (TPSA) is 27.7 Å². The first-order valence-electron chi connectivity index (χ1n) is 16.2. The Morgan fingerprint density at radius 1 is 0.465 bits per heavy atom. The van der Waals surface area contributed by atoms with E-state index in [-0.39, 0.29) is 12.2 Å². The molecular formula is C40H50O3. The summed E-state index contributed by atoms with van der Waals surface area (Å²) < 4.78 is 19.1. The maximum absolute atomic E-state index is 6.52. The summed E-state index contributed by atoms with van der Waals surface area (Å²) in [6, 6.07) is 37.9. The fraction of sp³-hybridized carbons (Fsp3) is 0.400. The van der Waals surface area contributed by atoms with Crippen LogP contribution in [0.1, 0.15) is 100 Å². The van der Waals surface area contributed by atoms with E-state index in [4.69, 9.17) is 14.2 Å². The molecule has 3 heteroatoms. The van der Waals surface area contributed by atoms with Crippen LogP contribution in [0.2, 0.25) is 0 Å².